The quantitative estimate of drug-likeness (QED) is 0.188. The number of phenols is 1. The van der Waals surface area contributed by atoms with E-state index in [1.54, 1.807) is 0 Å². The van der Waals surface area contributed by atoms with Crippen molar-refractivity contribution in [3.05, 3.63) is 169 Å². The number of benzene rings is 5. The average molecular weight is 704 g/mol. The van der Waals surface area contributed by atoms with Gasteiger partial charge in [-0.1, -0.05) is 151 Å². The fourth-order valence-corrected chi connectivity index (χ4v) is 7.27. The number of fused-ring (bicyclic) bond motifs is 1. The van der Waals surface area contributed by atoms with Crippen molar-refractivity contribution >= 4 is 5.65 Å². The smallest absolute Gasteiger partial charge is 0.145 e. The number of rotatable bonds is 6. The van der Waals surface area contributed by atoms with E-state index < -0.39 is 0 Å². The van der Waals surface area contributed by atoms with Gasteiger partial charge >= 0.3 is 0 Å². The predicted octanol–water partition coefficient (Wildman–Crippen LogP) is 13.0. The number of nitrogens with zero attached hydrogens (tertiary/aromatic N) is 3. The minimum Gasteiger partial charge on any atom is -0.507 e. The van der Waals surface area contributed by atoms with E-state index in [2.05, 4.69) is 186 Å². The molecule has 266 valence electrons. The number of hydrogen-bond acceptors (Lipinski definition) is 3. The molecule has 5 aromatic carbocycles. The van der Waals surface area contributed by atoms with E-state index >= 15 is 0 Å². The SMILES string of the molecule is CC(C)(C)c1cc(-c2nc3c(-c4cccc(-c5cc(-c6ccccc6)ccn5)c4)cccn3c2-c2ccc(-c3ccccc3)cc2)c(O)c(C(C)(C)C)c1. The van der Waals surface area contributed by atoms with E-state index in [9.17, 15) is 5.11 Å². The van der Waals surface area contributed by atoms with Crippen molar-refractivity contribution in [1.29, 1.82) is 0 Å². The van der Waals surface area contributed by atoms with Crippen molar-refractivity contribution in [1.82, 2.24) is 14.4 Å². The van der Waals surface area contributed by atoms with Crippen LogP contribution in [0, 0.1) is 0 Å². The Balaban J connectivity index is 1.34. The van der Waals surface area contributed by atoms with Gasteiger partial charge in [0.2, 0.25) is 0 Å². The number of aromatic nitrogens is 3. The minimum atomic E-state index is -0.284. The van der Waals surface area contributed by atoms with Crippen LogP contribution in [0.2, 0.25) is 0 Å². The van der Waals surface area contributed by atoms with E-state index in [4.69, 9.17) is 9.97 Å². The largest absolute Gasteiger partial charge is 0.507 e. The summed E-state index contributed by atoms with van der Waals surface area (Å²) in [7, 11) is 0. The zero-order valence-corrected chi connectivity index (χ0v) is 31.8. The molecule has 54 heavy (non-hydrogen) atoms. The van der Waals surface area contributed by atoms with Gasteiger partial charge in [-0.25, -0.2) is 4.98 Å². The molecular formula is C50H45N3O. The molecule has 0 aliphatic rings. The first-order valence-electron chi connectivity index (χ1n) is 18.6. The predicted molar refractivity (Wildman–Crippen MR) is 225 cm³/mol. The summed E-state index contributed by atoms with van der Waals surface area (Å²) in [6.07, 6.45) is 3.96. The maximum absolute atomic E-state index is 12.2. The Morgan fingerprint density at radius 1 is 0.500 bits per heavy atom. The Labute approximate surface area is 318 Å². The third kappa shape index (κ3) is 6.60. The molecule has 0 spiro atoms. The lowest BCUT2D eigenvalue weighted by molar-refractivity contribution is 0.446. The molecule has 0 fully saturated rings. The van der Waals surface area contributed by atoms with E-state index in [-0.39, 0.29) is 16.6 Å². The number of pyridine rings is 2. The molecule has 1 N–H and O–H groups in total. The summed E-state index contributed by atoms with van der Waals surface area (Å²) in [6, 6.07) is 50.8. The van der Waals surface area contributed by atoms with Crippen LogP contribution in [0.3, 0.4) is 0 Å². The van der Waals surface area contributed by atoms with E-state index in [1.807, 2.05) is 18.3 Å². The van der Waals surface area contributed by atoms with Gasteiger partial charge in [0.1, 0.15) is 17.1 Å². The second-order valence-electron chi connectivity index (χ2n) is 16.2. The Morgan fingerprint density at radius 2 is 1.11 bits per heavy atom. The maximum Gasteiger partial charge on any atom is 0.145 e. The molecule has 3 aromatic heterocycles. The van der Waals surface area contributed by atoms with Crippen molar-refractivity contribution in [2.45, 2.75) is 52.4 Å². The zero-order valence-electron chi connectivity index (χ0n) is 31.8. The van der Waals surface area contributed by atoms with Crippen LogP contribution in [-0.2, 0) is 10.8 Å². The maximum atomic E-state index is 12.2. The monoisotopic (exact) mass is 703 g/mol. The van der Waals surface area contributed by atoms with Gasteiger partial charge in [0, 0.05) is 40.2 Å². The first-order chi connectivity index (χ1) is 26.0. The van der Waals surface area contributed by atoms with Crippen LogP contribution in [0.5, 0.6) is 5.75 Å². The third-order valence-electron chi connectivity index (χ3n) is 10.3. The number of imidazole rings is 1. The summed E-state index contributed by atoms with van der Waals surface area (Å²) >= 11 is 0. The summed E-state index contributed by atoms with van der Waals surface area (Å²) in [5.41, 5.74) is 14.4. The fraction of sp³-hybridized carbons (Fsp3) is 0.160. The van der Waals surface area contributed by atoms with E-state index in [1.165, 1.54) is 5.56 Å². The molecule has 0 radical (unpaired) electrons. The minimum absolute atomic E-state index is 0.142. The summed E-state index contributed by atoms with van der Waals surface area (Å²) in [5.74, 6) is 0.272. The molecule has 0 saturated carbocycles. The highest BCUT2D eigenvalue weighted by Crippen LogP contribution is 2.46. The van der Waals surface area contributed by atoms with Crippen molar-refractivity contribution in [3.8, 4) is 72.9 Å². The van der Waals surface area contributed by atoms with Crippen LogP contribution >= 0.6 is 0 Å². The van der Waals surface area contributed by atoms with Gasteiger partial charge < -0.3 is 5.11 Å². The van der Waals surface area contributed by atoms with Crippen LogP contribution in [0.15, 0.2) is 158 Å². The highest BCUT2D eigenvalue weighted by Gasteiger charge is 2.29. The van der Waals surface area contributed by atoms with Crippen LogP contribution < -0.4 is 0 Å². The standard InChI is InChI=1S/C50H45N3O/c1-49(2,3)40-31-42(47(54)43(32-40)50(4,5)6)45-46(36-24-22-35(23-25-36)33-15-9-7-10-16-33)53-28-14-21-41(48(53)52-45)38-19-13-20-39(29-38)44-30-37(26-27-51-44)34-17-11-8-12-18-34/h7-32,54H,1-6H3. The van der Waals surface area contributed by atoms with E-state index in [0.717, 1.165) is 78.4 Å². The summed E-state index contributed by atoms with van der Waals surface area (Å²) < 4.78 is 2.18. The molecule has 0 saturated heterocycles. The normalized spacial score (nSPS) is 12.0. The second-order valence-corrected chi connectivity index (χ2v) is 16.2. The van der Waals surface area contributed by atoms with Gasteiger partial charge in [-0.2, -0.15) is 0 Å². The molecule has 0 unspecified atom stereocenters. The lowest BCUT2D eigenvalue weighted by Crippen LogP contribution is -2.17. The van der Waals surface area contributed by atoms with Crippen molar-refractivity contribution in [2.24, 2.45) is 0 Å². The average Bonchev–Trinajstić information content (AvgIpc) is 3.57. The molecule has 0 amide bonds. The molecule has 8 aromatic rings. The number of phenolic OH excluding ortho intramolecular Hbond substituents is 1. The van der Waals surface area contributed by atoms with Gasteiger partial charge in [-0.3, -0.25) is 9.38 Å². The van der Waals surface area contributed by atoms with E-state index in [0.29, 0.717) is 0 Å². The first kappa shape index (κ1) is 34.8. The third-order valence-corrected chi connectivity index (χ3v) is 10.3. The second kappa shape index (κ2) is 13.6. The van der Waals surface area contributed by atoms with Gasteiger partial charge in [-0.15, -0.1) is 0 Å². The van der Waals surface area contributed by atoms with Gasteiger partial charge in [0.15, 0.2) is 0 Å². The summed E-state index contributed by atoms with van der Waals surface area (Å²) in [5, 5.41) is 12.2. The van der Waals surface area contributed by atoms with Crippen LogP contribution in [-0.4, -0.2) is 19.5 Å². The molecule has 8 rings (SSSR count). The number of hydrogen-bond donors (Lipinski definition) is 1. The van der Waals surface area contributed by atoms with Crippen molar-refractivity contribution in [3.63, 3.8) is 0 Å². The molecule has 4 heteroatoms. The Bertz CT molecular complexity index is 2610. The zero-order chi connectivity index (χ0) is 37.6. The topological polar surface area (TPSA) is 50.4 Å². The fourth-order valence-electron chi connectivity index (χ4n) is 7.27. The first-order valence-corrected chi connectivity index (χ1v) is 18.6. The molecule has 0 aliphatic heterocycles. The highest BCUT2D eigenvalue weighted by atomic mass is 16.3. The van der Waals surface area contributed by atoms with Gasteiger partial charge in [-0.05, 0) is 80.6 Å². The molecule has 0 bridgehead atoms. The Hall–Kier alpha value is -6.26. The number of aromatic hydroxyl groups is 1. The Kier molecular flexibility index (Phi) is 8.78. The van der Waals surface area contributed by atoms with Crippen LogP contribution in [0.1, 0.15) is 52.7 Å². The summed E-state index contributed by atoms with van der Waals surface area (Å²) in [6.45, 7) is 13.1. The van der Waals surface area contributed by atoms with Crippen LogP contribution in [0.25, 0.3) is 72.8 Å². The molecule has 3 heterocycles. The van der Waals surface area contributed by atoms with Crippen molar-refractivity contribution in [2.75, 3.05) is 0 Å². The summed E-state index contributed by atoms with van der Waals surface area (Å²) in [4.78, 5) is 10.2. The highest BCUT2D eigenvalue weighted by molar-refractivity contribution is 5.91. The molecule has 0 aliphatic carbocycles. The Morgan fingerprint density at radius 3 is 1.78 bits per heavy atom. The lowest BCUT2D eigenvalue weighted by Gasteiger charge is -2.27. The molecular weight excluding hydrogens is 659 g/mol. The van der Waals surface area contributed by atoms with Gasteiger partial charge in [0.25, 0.3) is 0 Å². The molecule has 0 atom stereocenters. The lowest BCUT2D eigenvalue weighted by atomic mass is 9.78. The van der Waals surface area contributed by atoms with Gasteiger partial charge in [0.05, 0.1) is 11.4 Å². The van der Waals surface area contributed by atoms with Crippen molar-refractivity contribution < 1.29 is 5.11 Å². The van der Waals surface area contributed by atoms with Crippen LogP contribution in [0.4, 0.5) is 0 Å². The molecule has 4 nitrogen and oxygen atoms in total.